The third-order valence-corrected chi connectivity index (χ3v) is 3.84. The Labute approximate surface area is 141 Å². The molecule has 0 fully saturated rings. The predicted molar refractivity (Wildman–Crippen MR) is 96.8 cm³/mol. The fourth-order valence-corrected chi connectivity index (χ4v) is 2.69. The Morgan fingerprint density at radius 1 is 0.708 bits per heavy atom. The van der Waals surface area contributed by atoms with Crippen LogP contribution in [0.2, 0.25) is 0 Å². The first-order chi connectivity index (χ1) is 11.8. The summed E-state index contributed by atoms with van der Waals surface area (Å²) in [5.74, 6) is 0. The Bertz CT molecular complexity index is 910. The van der Waals surface area contributed by atoms with Gasteiger partial charge in [-0.15, -0.1) is 0 Å². The minimum absolute atomic E-state index is 0.485. The van der Waals surface area contributed by atoms with Crippen LogP contribution in [0.4, 0.5) is 11.4 Å². The second-order valence-corrected chi connectivity index (χ2v) is 5.33. The van der Waals surface area contributed by atoms with Gasteiger partial charge in [0.15, 0.2) is 0 Å². The fraction of sp³-hybridized carbons (Fsp3) is 0.100. The van der Waals surface area contributed by atoms with E-state index in [0.717, 1.165) is 5.69 Å². The summed E-state index contributed by atoms with van der Waals surface area (Å²) in [5.41, 5.74) is 2.64. The second-order valence-electron chi connectivity index (χ2n) is 5.33. The molecule has 0 saturated carbocycles. The van der Waals surface area contributed by atoms with Crippen LogP contribution in [0.5, 0.6) is 0 Å². The molecule has 116 valence electrons. The molecule has 3 rings (SSSR count). The summed E-state index contributed by atoms with van der Waals surface area (Å²) in [5, 5.41) is 27.3. The third-order valence-electron chi connectivity index (χ3n) is 3.84. The van der Waals surface area contributed by atoms with E-state index in [2.05, 4.69) is 41.0 Å². The van der Waals surface area contributed by atoms with Gasteiger partial charge in [0, 0.05) is 24.2 Å². The highest BCUT2D eigenvalue weighted by atomic mass is 15.0. The van der Waals surface area contributed by atoms with Crippen molar-refractivity contribution in [2.24, 2.45) is 0 Å². The van der Waals surface area contributed by atoms with Crippen molar-refractivity contribution in [3.63, 3.8) is 0 Å². The first-order valence-electron chi connectivity index (χ1n) is 7.72. The molecule has 0 aliphatic carbocycles. The van der Waals surface area contributed by atoms with E-state index in [0.29, 0.717) is 29.9 Å². The Kier molecular flexibility index (Phi) is 4.60. The van der Waals surface area contributed by atoms with Gasteiger partial charge >= 0.3 is 0 Å². The van der Waals surface area contributed by atoms with E-state index in [4.69, 9.17) is 0 Å². The molecule has 0 bridgehead atoms. The first kappa shape index (κ1) is 15.4. The molecule has 4 nitrogen and oxygen atoms in total. The van der Waals surface area contributed by atoms with Crippen molar-refractivity contribution in [2.45, 2.75) is 0 Å². The van der Waals surface area contributed by atoms with Crippen LogP contribution in [0, 0.1) is 22.7 Å². The van der Waals surface area contributed by atoms with Crippen LogP contribution in [0.25, 0.3) is 10.8 Å². The number of para-hydroxylation sites is 1. The Morgan fingerprint density at radius 3 is 2.08 bits per heavy atom. The SMILES string of the molecule is N#Cc1cccc(C#N)c1NCCNc1cccc2ccccc12. The number of hydrogen-bond donors (Lipinski definition) is 2. The molecule has 0 radical (unpaired) electrons. The molecule has 3 aromatic carbocycles. The summed E-state index contributed by atoms with van der Waals surface area (Å²) >= 11 is 0. The smallest absolute Gasteiger partial charge is 0.101 e. The number of nitrogens with zero attached hydrogens (tertiary/aromatic N) is 2. The van der Waals surface area contributed by atoms with Gasteiger partial charge in [-0.1, -0.05) is 42.5 Å². The molecule has 0 aliphatic heterocycles. The van der Waals surface area contributed by atoms with E-state index in [9.17, 15) is 10.5 Å². The molecule has 0 spiro atoms. The van der Waals surface area contributed by atoms with Crippen LogP contribution >= 0.6 is 0 Å². The fourth-order valence-electron chi connectivity index (χ4n) is 2.69. The lowest BCUT2D eigenvalue weighted by Crippen LogP contribution is -2.15. The summed E-state index contributed by atoms with van der Waals surface area (Å²) in [6, 6.07) is 23.8. The van der Waals surface area contributed by atoms with Crippen LogP contribution in [-0.2, 0) is 0 Å². The zero-order chi connectivity index (χ0) is 16.8. The van der Waals surface area contributed by atoms with Crippen LogP contribution in [0.1, 0.15) is 11.1 Å². The molecule has 2 N–H and O–H groups in total. The lowest BCUT2D eigenvalue weighted by molar-refractivity contribution is 1.08. The molecule has 0 aliphatic rings. The Hall–Kier alpha value is -3.50. The standard InChI is InChI=1S/C20H16N4/c21-13-16-7-3-8-17(14-22)20(16)24-12-11-23-19-10-4-6-15-5-1-2-9-18(15)19/h1-10,23-24H,11-12H2. The molecule has 0 amide bonds. The van der Waals surface area contributed by atoms with Crippen LogP contribution < -0.4 is 10.6 Å². The number of benzene rings is 3. The van der Waals surface area contributed by atoms with Crippen molar-refractivity contribution in [2.75, 3.05) is 23.7 Å². The lowest BCUT2D eigenvalue weighted by Gasteiger charge is -2.12. The number of nitriles is 2. The van der Waals surface area contributed by atoms with Gasteiger partial charge in [-0.25, -0.2) is 0 Å². The summed E-state index contributed by atoms with van der Waals surface area (Å²) < 4.78 is 0. The molecule has 0 heterocycles. The zero-order valence-corrected chi connectivity index (χ0v) is 13.1. The average Bonchev–Trinajstić information content (AvgIpc) is 2.65. The highest BCUT2D eigenvalue weighted by Gasteiger charge is 2.07. The van der Waals surface area contributed by atoms with Gasteiger partial charge in [0.1, 0.15) is 12.1 Å². The van der Waals surface area contributed by atoms with Gasteiger partial charge in [-0.05, 0) is 23.6 Å². The Balaban J connectivity index is 1.68. The van der Waals surface area contributed by atoms with Crippen LogP contribution in [0.3, 0.4) is 0 Å². The van der Waals surface area contributed by atoms with E-state index in [1.807, 2.05) is 24.3 Å². The van der Waals surface area contributed by atoms with Crippen molar-refractivity contribution < 1.29 is 0 Å². The van der Waals surface area contributed by atoms with Crippen molar-refractivity contribution in [1.29, 1.82) is 10.5 Å². The van der Waals surface area contributed by atoms with Gasteiger partial charge in [-0.2, -0.15) is 10.5 Å². The summed E-state index contributed by atoms with van der Waals surface area (Å²) in [6.45, 7) is 1.29. The number of hydrogen-bond acceptors (Lipinski definition) is 4. The predicted octanol–water partition coefficient (Wildman–Crippen LogP) is 4.11. The van der Waals surface area contributed by atoms with Crippen LogP contribution in [0.15, 0.2) is 60.7 Å². The molecule has 24 heavy (non-hydrogen) atoms. The number of nitrogens with one attached hydrogen (secondary N) is 2. The lowest BCUT2D eigenvalue weighted by atomic mass is 10.1. The molecular formula is C20H16N4. The normalized spacial score (nSPS) is 9.92. The minimum Gasteiger partial charge on any atom is -0.383 e. The maximum absolute atomic E-state index is 9.18. The van der Waals surface area contributed by atoms with Gasteiger partial charge < -0.3 is 10.6 Å². The van der Waals surface area contributed by atoms with E-state index in [1.165, 1.54) is 10.8 Å². The van der Waals surface area contributed by atoms with Crippen LogP contribution in [-0.4, -0.2) is 13.1 Å². The summed E-state index contributed by atoms with van der Waals surface area (Å²) in [6.07, 6.45) is 0. The largest absolute Gasteiger partial charge is 0.383 e. The van der Waals surface area contributed by atoms with Crippen molar-refractivity contribution in [3.8, 4) is 12.1 Å². The van der Waals surface area contributed by atoms with E-state index < -0.39 is 0 Å². The first-order valence-corrected chi connectivity index (χ1v) is 7.72. The number of rotatable bonds is 5. The third kappa shape index (κ3) is 3.14. The monoisotopic (exact) mass is 312 g/mol. The average molecular weight is 312 g/mol. The highest BCUT2D eigenvalue weighted by molar-refractivity contribution is 5.93. The van der Waals surface area contributed by atoms with E-state index in [-0.39, 0.29) is 0 Å². The minimum atomic E-state index is 0.485. The van der Waals surface area contributed by atoms with Gasteiger partial charge in [0.2, 0.25) is 0 Å². The van der Waals surface area contributed by atoms with Crippen molar-refractivity contribution in [3.05, 3.63) is 71.8 Å². The molecule has 3 aromatic rings. The van der Waals surface area contributed by atoms with Gasteiger partial charge in [-0.3, -0.25) is 0 Å². The van der Waals surface area contributed by atoms with Gasteiger partial charge in [0.25, 0.3) is 0 Å². The van der Waals surface area contributed by atoms with E-state index >= 15 is 0 Å². The molecule has 0 aromatic heterocycles. The van der Waals surface area contributed by atoms with E-state index in [1.54, 1.807) is 18.2 Å². The van der Waals surface area contributed by atoms with Crippen molar-refractivity contribution >= 4 is 22.1 Å². The second kappa shape index (κ2) is 7.17. The molecule has 0 saturated heterocycles. The number of anilines is 2. The quantitative estimate of drug-likeness (QED) is 0.696. The molecule has 4 heteroatoms. The highest BCUT2D eigenvalue weighted by Crippen LogP contribution is 2.23. The topological polar surface area (TPSA) is 71.6 Å². The molecule has 0 unspecified atom stereocenters. The maximum Gasteiger partial charge on any atom is 0.101 e. The summed E-state index contributed by atoms with van der Waals surface area (Å²) in [7, 11) is 0. The molecule has 0 atom stereocenters. The molecular weight excluding hydrogens is 296 g/mol. The zero-order valence-electron chi connectivity index (χ0n) is 13.1. The maximum atomic E-state index is 9.18. The van der Waals surface area contributed by atoms with Crippen molar-refractivity contribution in [1.82, 2.24) is 0 Å². The van der Waals surface area contributed by atoms with Gasteiger partial charge in [0.05, 0.1) is 16.8 Å². The Morgan fingerprint density at radius 2 is 1.33 bits per heavy atom. The summed E-state index contributed by atoms with van der Waals surface area (Å²) in [4.78, 5) is 0. The number of fused-ring (bicyclic) bond motifs is 1.